The first kappa shape index (κ1) is 10.8. The second kappa shape index (κ2) is 3.70. The van der Waals surface area contributed by atoms with Gasteiger partial charge in [-0.25, -0.2) is 0 Å². The van der Waals surface area contributed by atoms with Crippen LogP contribution in [0, 0.1) is 0 Å². The molecule has 0 saturated heterocycles. The van der Waals surface area contributed by atoms with E-state index in [1.807, 2.05) is 0 Å². The van der Waals surface area contributed by atoms with Crippen LogP contribution < -0.4 is 4.74 Å². The number of fused-ring (bicyclic) bond motifs is 1. The third-order valence-corrected chi connectivity index (χ3v) is 2.37. The predicted molar refractivity (Wildman–Crippen MR) is 55.5 cm³/mol. The maximum Gasteiger partial charge on any atom is 0.419 e. The Morgan fingerprint density at radius 2 is 1.56 bits per heavy atom. The van der Waals surface area contributed by atoms with Gasteiger partial charge in [0.1, 0.15) is 5.75 Å². The first-order valence-corrected chi connectivity index (χ1v) is 4.66. The van der Waals surface area contributed by atoms with Crippen LogP contribution in [0.4, 0.5) is 13.2 Å². The Kier molecular flexibility index (Phi) is 2.50. The summed E-state index contributed by atoms with van der Waals surface area (Å²) < 4.78 is 42.8. The highest BCUT2D eigenvalue weighted by atomic mass is 19.4. The van der Waals surface area contributed by atoms with Crippen molar-refractivity contribution in [3.8, 4) is 5.75 Å². The summed E-state index contributed by atoms with van der Waals surface area (Å²) in [6.07, 6.45) is -4.39. The molecule has 0 saturated carbocycles. The summed E-state index contributed by atoms with van der Waals surface area (Å²) in [4.78, 5) is 0. The zero-order valence-electron chi connectivity index (χ0n) is 8.51. The van der Waals surface area contributed by atoms with Gasteiger partial charge in [0.05, 0.1) is 12.7 Å². The summed E-state index contributed by atoms with van der Waals surface area (Å²) in [6.45, 7) is 0. The summed E-state index contributed by atoms with van der Waals surface area (Å²) in [5, 5.41) is 1.28. The van der Waals surface area contributed by atoms with Crippen molar-refractivity contribution < 1.29 is 17.9 Å². The normalized spacial score (nSPS) is 11.8. The quantitative estimate of drug-likeness (QED) is 0.717. The largest absolute Gasteiger partial charge is 0.496 e. The van der Waals surface area contributed by atoms with Gasteiger partial charge in [0.2, 0.25) is 0 Å². The Morgan fingerprint density at radius 1 is 1.00 bits per heavy atom. The minimum Gasteiger partial charge on any atom is -0.496 e. The molecule has 2 rings (SSSR count). The third kappa shape index (κ3) is 1.83. The van der Waals surface area contributed by atoms with Gasteiger partial charge in [-0.2, -0.15) is 13.2 Å². The van der Waals surface area contributed by atoms with Gasteiger partial charge < -0.3 is 4.74 Å². The molecule has 0 radical (unpaired) electrons. The molecule has 0 aliphatic carbocycles. The van der Waals surface area contributed by atoms with E-state index >= 15 is 0 Å². The van der Waals surface area contributed by atoms with Crippen LogP contribution in [-0.4, -0.2) is 7.11 Å². The zero-order valence-corrected chi connectivity index (χ0v) is 8.51. The van der Waals surface area contributed by atoms with Crippen molar-refractivity contribution in [3.05, 3.63) is 42.0 Å². The molecule has 0 unspecified atom stereocenters. The second-order valence-electron chi connectivity index (χ2n) is 3.40. The number of halogens is 3. The van der Waals surface area contributed by atoms with Gasteiger partial charge in [-0.1, -0.05) is 24.3 Å². The summed E-state index contributed by atoms with van der Waals surface area (Å²) in [5.74, 6) is -0.147. The first-order chi connectivity index (χ1) is 7.52. The minimum absolute atomic E-state index is 0.147. The first-order valence-electron chi connectivity index (χ1n) is 4.66. The number of rotatable bonds is 1. The fourth-order valence-electron chi connectivity index (χ4n) is 1.61. The molecule has 0 atom stereocenters. The number of hydrogen-bond acceptors (Lipinski definition) is 1. The topological polar surface area (TPSA) is 9.23 Å². The maximum absolute atomic E-state index is 12.7. The molecule has 0 amide bonds. The van der Waals surface area contributed by atoms with E-state index in [1.54, 1.807) is 24.3 Å². The third-order valence-electron chi connectivity index (χ3n) is 2.37. The number of hydrogen-bond donors (Lipinski definition) is 0. The lowest BCUT2D eigenvalue weighted by Gasteiger charge is -2.12. The molecule has 0 aliphatic heterocycles. The molecule has 0 bridgehead atoms. The zero-order chi connectivity index (χ0) is 11.8. The van der Waals surface area contributed by atoms with Crippen LogP contribution in [0.5, 0.6) is 5.75 Å². The van der Waals surface area contributed by atoms with Gasteiger partial charge in [0.25, 0.3) is 0 Å². The lowest BCUT2D eigenvalue weighted by Crippen LogP contribution is -2.07. The maximum atomic E-state index is 12.7. The Morgan fingerprint density at radius 3 is 2.06 bits per heavy atom. The molecule has 1 nitrogen and oxygen atoms in total. The highest BCUT2D eigenvalue weighted by molar-refractivity contribution is 5.85. The molecule has 0 fully saturated rings. The lowest BCUT2D eigenvalue weighted by molar-refractivity contribution is -0.138. The summed E-state index contributed by atoms with van der Waals surface area (Å²) in [7, 11) is 1.24. The second-order valence-corrected chi connectivity index (χ2v) is 3.40. The van der Waals surface area contributed by atoms with Crippen LogP contribution in [0.3, 0.4) is 0 Å². The molecule has 0 N–H and O–H groups in total. The van der Waals surface area contributed by atoms with Crippen molar-refractivity contribution in [3.63, 3.8) is 0 Å². The van der Waals surface area contributed by atoms with E-state index in [-0.39, 0.29) is 5.75 Å². The van der Waals surface area contributed by atoms with Crippen LogP contribution in [-0.2, 0) is 6.18 Å². The van der Waals surface area contributed by atoms with E-state index in [4.69, 9.17) is 4.74 Å². The molecule has 0 aliphatic rings. The van der Waals surface area contributed by atoms with Gasteiger partial charge in [-0.05, 0) is 22.9 Å². The highest BCUT2D eigenvalue weighted by Crippen LogP contribution is 2.38. The Hall–Kier alpha value is -1.71. The Balaban J connectivity index is 2.73. The molecule has 0 aromatic heterocycles. The number of methoxy groups -OCH3 is 1. The molecule has 0 heterocycles. The van der Waals surface area contributed by atoms with Crippen molar-refractivity contribution in [2.45, 2.75) is 6.18 Å². The van der Waals surface area contributed by atoms with Crippen molar-refractivity contribution in [2.75, 3.05) is 7.11 Å². The van der Waals surface area contributed by atoms with E-state index in [1.165, 1.54) is 13.2 Å². The van der Waals surface area contributed by atoms with Crippen molar-refractivity contribution in [2.24, 2.45) is 0 Å². The van der Waals surface area contributed by atoms with E-state index in [2.05, 4.69) is 0 Å². The van der Waals surface area contributed by atoms with Gasteiger partial charge in [0, 0.05) is 0 Å². The average Bonchev–Trinajstić information content (AvgIpc) is 2.26. The van der Waals surface area contributed by atoms with E-state index < -0.39 is 11.7 Å². The smallest absolute Gasteiger partial charge is 0.419 e. The number of alkyl halides is 3. The molecular weight excluding hydrogens is 217 g/mol. The molecule has 84 valence electrons. The number of benzene rings is 2. The van der Waals surface area contributed by atoms with Crippen LogP contribution in [0.1, 0.15) is 5.56 Å². The fraction of sp³-hybridized carbons (Fsp3) is 0.167. The lowest BCUT2D eigenvalue weighted by atomic mass is 10.1. The average molecular weight is 226 g/mol. The molecule has 2 aromatic carbocycles. The van der Waals surface area contributed by atoms with Crippen LogP contribution >= 0.6 is 0 Å². The predicted octanol–water partition coefficient (Wildman–Crippen LogP) is 3.87. The van der Waals surface area contributed by atoms with E-state index in [0.29, 0.717) is 5.39 Å². The van der Waals surface area contributed by atoms with Crippen LogP contribution in [0.2, 0.25) is 0 Å². The molecule has 2 aromatic rings. The molecule has 4 heteroatoms. The highest BCUT2D eigenvalue weighted by Gasteiger charge is 2.34. The number of ether oxygens (including phenoxy) is 1. The monoisotopic (exact) mass is 226 g/mol. The van der Waals surface area contributed by atoms with Gasteiger partial charge in [-0.3, -0.25) is 0 Å². The molecule has 0 spiro atoms. The van der Waals surface area contributed by atoms with Crippen molar-refractivity contribution >= 4 is 10.8 Å². The van der Waals surface area contributed by atoms with E-state index in [9.17, 15) is 13.2 Å². The fourth-order valence-corrected chi connectivity index (χ4v) is 1.61. The van der Waals surface area contributed by atoms with Gasteiger partial charge in [-0.15, -0.1) is 0 Å². The molecular formula is C12H9F3O. The van der Waals surface area contributed by atoms with E-state index in [0.717, 1.165) is 11.5 Å². The SMILES string of the molecule is COc1cc2ccccc2cc1C(F)(F)F. The summed E-state index contributed by atoms with van der Waals surface area (Å²) in [5.41, 5.74) is -0.742. The van der Waals surface area contributed by atoms with Gasteiger partial charge >= 0.3 is 6.18 Å². The Labute approximate surface area is 90.5 Å². The summed E-state index contributed by atoms with van der Waals surface area (Å²) >= 11 is 0. The van der Waals surface area contributed by atoms with Gasteiger partial charge in [0.15, 0.2) is 0 Å². The standard InChI is InChI=1S/C12H9F3O/c1-16-11-7-9-5-3-2-4-8(9)6-10(11)12(13,14)15/h2-7H,1H3. The van der Waals surface area contributed by atoms with Crippen molar-refractivity contribution in [1.29, 1.82) is 0 Å². The van der Waals surface area contributed by atoms with Crippen LogP contribution in [0.25, 0.3) is 10.8 Å². The van der Waals surface area contributed by atoms with Crippen molar-refractivity contribution in [1.82, 2.24) is 0 Å². The van der Waals surface area contributed by atoms with Crippen LogP contribution in [0.15, 0.2) is 36.4 Å². The molecule has 16 heavy (non-hydrogen) atoms. The summed E-state index contributed by atoms with van der Waals surface area (Å²) in [6, 6.07) is 9.37. The Bertz CT molecular complexity index is 517. The minimum atomic E-state index is -4.39.